The highest BCUT2D eigenvalue weighted by Gasteiger charge is 1.98. The Kier molecular flexibility index (Phi) is 13.3. The summed E-state index contributed by atoms with van der Waals surface area (Å²) in [7, 11) is 0. The summed E-state index contributed by atoms with van der Waals surface area (Å²) in [5, 5.41) is 9.58. The van der Waals surface area contributed by atoms with E-state index < -0.39 is 0 Å². The van der Waals surface area contributed by atoms with Gasteiger partial charge in [0.25, 0.3) is 0 Å². The Balaban J connectivity index is 0. The van der Waals surface area contributed by atoms with Crippen LogP contribution in [0.5, 0.6) is 5.75 Å². The third-order valence-electron chi connectivity index (χ3n) is 3.04. The quantitative estimate of drug-likeness (QED) is 0.712. The number of hydrogen-bond donors (Lipinski definition) is 1. The van der Waals surface area contributed by atoms with Crippen molar-refractivity contribution in [1.82, 2.24) is 0 Å². The van der Waals surface area contributed by atoms with Crippen molar-refractivity contribution in [2.24, 2.45) is 0 Å². The van der Waals surface area contributed by atoms with Crippen LogP contribution in [-0.2, 0) is 6.42 Å². The molecular weight excluding hydrogens is 228 g/mol. The number of rotatable bonds is 8. The van der Waals surface area contributed by atoms with Crippen LogP contribution in [0.2, 0.25) is 0 Å². The lowest BCUT2D eigenvalue weighted by atomic mass is 10.0. The molecule has 18 heavy (non-hydrogen) atoms. The number of para-hydroxylation sites is 1. The van der Waals surface area contributed by atoms with Crippen LogP contribution in [0.15, 0.2) is 24.3 Å². The molecule has 1 rings (SSSR count). The van der Waals surface area contributed by atoms with Crippen molar-refractivity contribution in [3.63, 3.8) is 0 Å². The molecule has 5 N–H and O–H groups in total. The third kappa shape index (κ3) is 8.09. The van der Waals surface area contributed by atoms with Crippen LogP contribution in [0, 0.1) is 0 Å². The van der Waals surface area contributed by atoms with Crippen LogP contribution < -0.4 is 0 Å². The van der Waals surface area contributed by atoms with Crippen LogP contribution >= 0.6 is 0 Å². The highest BCUT2D eigenvalue weighted by Crippen LogP contribution is 2.18. The van der Waals surface area contributed by atoms with Gasteiger partial charge >= 0.3 is 0 Å². The number of phenolic OH excluding ortho intramolecular Hbond substituents is 1. The zero-order valence-electron chi connectivity index (χ0n) is 11.4. The van der Waals surface area contributed by atoms with Gasteiger partial charge in [-0.15, -0.1) is 0 Å². The molecule has 0 heterocycles. The zero-order chi connectivity index (χ0) is 11.6. The molecule has 0 radical (unpaired) electrons. The zero-order valence-corrected chi connectivity index (χ0v) is 11.4. The summed E-state index contributed by atoms with van der Waals surface area (Å²) in [6, 6.07) is 7.67. The van der Waals surface area contributed by atoms with Gasteiger partial charge in [0.15, 0.2) is 0 Å². The van der Waals surface area contributed by atoms with Gasteiger partial charge in [0.05, 0.1) is 0 Å². The van der Waals surface area contributed by atoms with Gasteiger partial charge in [0.2, 0.25) is 0 Å². The van der Waals surface area contributed by atoms with Gasteiger partial charge in [-0.3, -0.25) is 0 Å². The topological polar surface area (TPSA) is 83.2 Å². The van der Waals surface area contributed by atoms with E-state index in [4.69, 9.17) is 0 Å². The number of benzene rings is 1. The van der Waals surface area contributed by atoms with Crippen molar-refractivity contribution in [3.05, 3.63) is 29.8 Å². The molecule has 0 aliphatic heterocycles. The molecule has 3 nitrogen and oxygen atoms in total. The molecule has 0 saturated carbocycles. The van der Waals surface area contributed by atoms with Gasteiger partial charge < -0.3 is 16.1 Å². The summed E-state index contributed by atoms with van der Waals surface area (Å²) in [5.74, 6) is 0.452. The predicted molar refractivity (Wildman–Crippen MR) is 77.0 cm³/mol. The number of hydrogen-bond acceptors (Lipinski definition) is 1. The Morgan fingerprint density at radius 1 is 0.833 bits per heavy atom. The Hall–Kier alpha value is -1.06. The predicted octanol–water partition coefficient (Wildman–Crippen LogP) is 3.04. The Morgan fingerprint density at radius 2 is 1.39 bits per heavy atom. The molecule has 0 aliphatic carbocycles. The van der Waals surface area contributed by atoms with E-state index in [2.05, 4.69) is 6.92 Å². The maximum Gasteiger partial charge on any atom is 0.118 e. The second-order valence-electron chi connectivity index (χ2n) is 4.50. The maximum absolute atomic E-state index is 9.58. The molecule has 1 aromatic carbocycles. The molecule has 0 amide bonds. The smallest absolute Gasteiger partial charge is 0.118 e. The largest absolute Gasteiger partial charge is 0.508 e. The van der Waals surface area contributed by atoms with Gasteiger partial charge in [-0.25, -0.2) is 0 Å². The molecule has 3 heteroatoms. The fourth-order valence-corrected chi connectivity index (χ4v) is 1.99. The average molecular weight is 256 g/mol. The van der Waals surface area contributed by atoms with E-state index >= 15 is 0 Å². The molecule has 0 saturated heterocycles. The second kappa shape index (κ2) is 12.4. The van der Waals surface area contributed by atoms with Crippen LogP contribution in [0.1, 0.15) is 57.4 Å². The van der Waals surface area contributed by atoms with Gasteiger partial charge in [-0.05, 0) is 24.5 Å². The van der Waals surface area contributed by atoms with Gasteiger partial charge in [0.1, 0.15) is 5.75 Å². The third-order valence-corrected chi connectivity index (χ3v) is 3.04. The van der Waals surface area contributed by atoms with Gasteiger partial charge in [0, 0.05) is 0 Å². The summed E-state index contributed by atoms with van der Waals surface area (Å²) in [6.45, 7) is 2.25. The van der Waals surface area contributed by atoms with Crippen molar-refractivity contribution < 1.29 is 16.1 Å². The van der Waals surface area contributed by atoms with Crippen molar-refractivity contribution in [2.75, 3.05) is 0 Å². The molecule has 106 valence electrons. The highest BCUT2D eigenvalue weighted by atomic mass is 16.3. The lowest BCUT2D eigenvalue weighted by Gasteiger charge is -2.04. The molecule has 1 aromatic rings. The summed E-state index contributed by atoms with van der Waals surface area (Å²) in [5.41, 5.74) is 1.09. The minimum Gasteiger partial charge on any atom is -0.508 e. The second-order valence-corrected chi connectivity index (χ2v) is 4.50. The number of aryl methyl sites for hydroxylation is 1. The first-order valence-corrected chi connectivity index (χ1v) is 6.61. The molecule has 0 bridgehead atoms. The van der Waals surface area contributed by atoms with E-state index in [1.807, 2.05) is 18.2 Å². The molecule has 0 unspecified atom stereocenters. The van der Waals surface area contributed by atoms with E-state index in [1.165, 1.54) is 44.9 Å². The van der Waals surface area contributed by atoms with E-state index in [-0.39, 0.29) is 11.0 Å². The molecule has 0 aromatic heterocycles. The number of aromatic hydroxyl groups is 1. The normalized spacial score (nSPS) is 9.39. The number of phenols is 1. The summed E-state index contributed by atoms with van der Waals surface area (Å²) in [6.07, 6.45) is 10.3. The molecular formula is C15H28O3. The molecule has 0 fully saturated rings. The van der Waals surface area contributed by atoms with E-state index in [9.17, 15) is 5.11 Å². The first-order valence-electron chi connectivity index (χ1n) is 6.61. The van der Waals surface area contributed by atoms with Crippen LogP contribution in [-0.4, -0.2) is 16.1 Å². The maximum atomic E-state index is 9.58. The molecule has 0 atom stereocenters. The average Bonchev–Trinajstić information content (AvgIpc) is 2.30. The van der Waals surface area contributed by atoms with Gasteiger partial charge in [-0.2, -0.15) is 0 Å². The number of unbranched alkanes of at least 4 members (excludes halogenated alkanes) is 6. The first-order chi connectivity index (χ1) is 7.84. The van der Waals surface area contributed by atoms with Crippen molar-refractivity contribution in [1.29, 1.82) is 0 Å². The Bertz CT molecular complexity index is 287. The minimum absolute atomic E-state index is 0. The van der Waals surface area contributed by atoms with Crippen LogP contribution in [0.4, 0.5) is 0 Å². The fourth-order valence-electron chi connectivity index (χ4n) is 1.99. The molecule has 0 aliphatic rings. The summed E-state index contributed by atoms with van der Waals surface area (Å²) < 4.78 is 0. The highest BCUT2D eigenvalue weighted by molar-refractivity contribution is 5.31. The monoisotopic (exact) mass is 256 g/mol. The first kappa shape index (κ1) is 19.3. The van der Waals surface area contributed by atoms with Crippen molar-refractivity contribution in [2.45, 2.75) is 58.3 Å². The lowest BCUT2D eigenvalue weighted by molar-refractivity contribution is 0.466. The lowest BCUT2D eigenvalue weighted by Crippen LogP contribution is -1.87. The fraction of sp³-hybridized carbons (Fsp3) is 0.600. The summed E-state index contributed by atoms with van der Waals surface area (Å²) >= 11 is 0. The molecule has 0 spiro atoms. The minimum atomic E-state index is 0. The standard InChI is InChI=1S/C15H24O.2H2O/c1-2-3-4-5-6-7-8-11-14-12-9-10-13-15(14)16;;/h9-10,12-13,16H,2-8,11H2,1H3;2*1H2. The van der Waals surface area contributed by atoms with Crippen LogP contribution in [0.3, 0.4) is 0 Å². The SMILES string of the molecule is CCCCCCCCCc1ccccc1O.O.O. The van der Waals surface area contributed by atoms with Crippen molar-refractivity contribution >= 4 is 0 Å². The van der Waals surface area contributed by atoms with Crippen molar-refractivity contribution in [3.8, 4) is 5.75 Å². The van der Waals surface area contributed by atoms with E-state index in [0.29, 0.717) is 5.75 Å². The Labute approximate surface area is 110 Å². The van der Waals surface area contributed by atoms with Crippen LogP contribution in [0.25, 0.3) is 0 Å². The Morgan fingerprint density at radius 3 is 2.00 bits per heavy atom. The summed E-state index contributed by atoms with van der Waals surface area (Å²) in [4.78, 5) is 0. The van der Waals surface area contributed by atoms with E-state index in [0.717, 1.165) is 12.0 Å². The van der Waals surface area contributed by atoms with Gasteiger partial charge in [-0.1, -0.05) is 63.6 Å². The van der Waals surface area contributed by atoms with E-state index in [1.54, 1.807) is 6.07 Å².